The molecule has 0 radical (unpaired) electrons. The van der Waals surface area contributed by atoms with Crippen LogP contribution in [0.4, 0.5) is 0 Å². The molecule has 0 aliphatic heterocycles. The van der Waals surface area contributed by atoms with Gasteiger partial charge in [-0.15, -0.1) is 0 Å². The SMILES string of the molecule is CCN(CC)CC.NC(CCC(=O)NC(CS)C(=O)NCC(=O)O)C(=O)O. The van der Waals surface area contributed by atoms with E-state index in [1.807, 2.05) is 0 Å². The van der Waals surface area contributed by atoms with Crippen LogP contribution in [-0.2, 0) is 19.2 Å². The summed E-state index contributed by atoms with van der Waals surface area (Å²) in [5, 5.41) is 21.4. The molecule has 2 atom stereocenters. The standard InChI is InChI=1S/C10H17N3O6S.C6H15N/c11-5(10(18)19)1-2-7(14)13-6(4-20)9(17)12-3-8(15)16;1-4-7(5-2)6-3/h5-6,20H,1-4,11H2,(H,12,17)(H,13,14)(H,15,16)(H,18,19);4-6H2,1-3H3. The van der Waals surface area contributed by atoms with E-state index in [1.54, 1.807) is 0 Å². The lowest BCUT2D eigenvalue weighted by molar-refractivity contribution is -0.139. The molecule has 11 heteroatoms. The molecule has 0 heterocycles. The quantitative estimate of drug-likeness (QED) is 0.227. The molecule has 0 aromatic heterocycles. The van der Waals surface area contributed by atoms with E-state index in [9.17, 15) is 19.2 Å². The molecule has 0 saturated heterocycles. The Morgan fingerprint density at radius 3 is 1.93 bits per heavy atom. The second-order valence-corrected chi connectivity index (χ2v) is 5.88. The van der Waals surface area contributed by atoms with Gasteiger partial charge in [-0.25, -0.2) is 0 Å². The number of amides is 2. The number of nitrogens with two attached hydrogens (primary N) is 1. The number of hydrogen-bond donors (Lipinski definition) is 6. The van der Waals surface area contributed by atoms with Crippen molar-refractivity contribution in [2.24, 2.45) is 5.73 Å². The highest BCUT2D eigenvalue weighted by molar-refractivity contribution is 7.80. The van der Waals surface area contributed by atoms with Crippen LogP contribution in [0.1, 0.15) is 33.6 Å². The Morgan fingerprint density at radius 2 is 1.59 bits per heavy atom. The number of nitrogens with one attached hydrogen (secondary N) is 2. The van der Waals surface area contributed by atoms with Gasteiger partial charge in [0.1, 0.15) is 18.6 Å². The lowest BCUT2D eigenvalue weighted by Crippen LogP contribution is -2.49. The van der Waals surface area contributed by atoms with Gasteiger partial charge < -0.3 is 31.5 Å². The fraction of sp³-hybridized carbons (Fsp3) is 0.750. The van der Waals surface area contributed by atoms with Gasteiger partial charge in [0.15, 0.2) is 0 Å². The molecule has 158 valence electrons. The lowest BCUT2D eigenvalue weighted by atomic mass is 10.1. The maximum Gasteiger partial charge on any atom is 0.322 e. The highest BCUT2D eigenvalue weighted by Gasteiger charge is 2.20. The molecule has 0 saturated carbocycles. The number of carbonyl (C=O) groups excluding carboxylic acids is 2. The molecular weight excluding hydrogens is 376 g/mol. The average Bonchev–Trinajstić information content (AvgIpc) is 2.63. The highest BCUT2D eigenvalue weighted by Crippen LogP contribution is 1.97. The van der Waals surface area contributed by atoms with E-state index in [1.165, 1.54) is 19.6 Å². The normalized spacial score (nSPS) is 12.4. The van der Waals surface area contributed by atoms with Crippen LogP contribution < -0.4 is 16.4 Å². The zero-order chi connectivity index (χ0) is 21.4. The smallest absolute Gasteiger partial charge is 0.322 e. The van der Waals surface area contributed by atoms with Crippen LogP contribution in [0.25, 0.3) is 0 Å². The predicted molar refractivity (Wildman–Crippen MR) is 105 cm³/mol. The van der Waals surface area contributed by atoms with Crippen molar-refractivity contribution in [2.45, 2.75) is 45.7 Å². The van der Waals surface area contributed by atoms with E-state index in [0.717, 1.165) is 0 Å². The van der Waals surface area contributed by atoms with Crippen molar-refractivity contribution in [3.8, 4) is 0 Å². The summed E-state index contributed by atoms with van der Waals surface area (Å²) in [6, 6.07) is -2.15. The summed E-state index contributed by atoms with van der Waals surface area (Å²) in [7, 11) is 0. The minimum absolute atomic E-state index is 0.0256. The van der Waals surface area contributed by atoms with Crippen LogP contribution in [0, 0.1) is 0 Å². The third-order valence-electron chi connectivity index (χ3n) is 3.59. The number of thiol groups is 1. The predicted octanol–water partition coefficient (Wildman–Crippen LogP) is -0.858. The molecule has 27 heavy (non-hydrogen) atoms. The van der Waals surface area contributed by atoms with Crippen molar-refractivity contribution >= 4 is 36.4 Å². The average molecular weight is 409 g/mol. The molecule has 0 rings (SSSR count). The third-order valence-corrected chi connectivity index (χ3v) is 3.95. The van der Waals surface area contributed by atoms with E-state index in [4.69, 9.17) is 15.9 Å². The second-order valence-electron chi connectivity index (χ2n) is 5.52. The molecule has 2 amide bonds. The fourth-order valence-corrected chi connectivity index (χ4v) is 2.08. The zero-order valence-electron chi connectivity index (χ0n) is 16.1. The van der Waals surface area contributed by atoms with Crippen LogP contribution in [0.3, 0.4) is 0 Å². The number of carbonyl (C=O) groups is 4. The molecule has 0 aromatic carbocycles. The van der Waals surface area contributed by atoms with Gasteiger partial charge in [0.2, 0.25) is 11.8 Å². The third kappa shape index (κ3) is 15.0. The first kappa shape index (κ1) is 27.4. The minimum Gasteiger partial charge on any atom is -0.480 e. The van der Waals surface area contributed by atoms with Crippen LogP contribution in [0.2, 0.25) is 0 Å². The summed E-state index contributed by atoms with van der Waals surface area (Å²) in [5.74, 6) is -3.70. The van der Waals surface area contributed by atoms with E-state index in [2.05, 4.69) is 48.9 Å². The van der Waals surface area contributed by atoms with Crippen molar-refractivity contribution in [1.29, 1.82) is 0 Å². The zero-order valence-corrected chi connectivity index (χ0v) is 17.0. The van der Waals surface area contributed by atoms with E-state index < -0.39 is 42.4 Å². The first-order chi connectivity index (χ1) is 12.6. The molecule has 6 N–H and O–H groups in total. The van der Waals surface area contributed by atoms with E-state index in [0.29, 0.717) is 0 Å². The van der Waals surface area contributed by atoms with Gasteiger partial charge in [-0.05, 0) is 26.1 Å². The van der Waals surface area contributed by atoms with Crippen molar-refractivity contribution in [3.05, 3.63) is 0 Å². The monoisotopic (exact) mass is 408 g/mol. The molecule has 2 unspecified atom stereocenters. The minimum atomic E-state index is -1.22. The molecule has 0 fully saturated rings. The van der Waals surface area contributed by atoms with Crippen molar-refractivity contribution < 1.29 is 29.4 Å². The van der Waals surface area contributed by atoms with Crippen molar-refractivity contribution in [2.75, 3.05) is 31.9 Å². The first-order valence-electron chi connectivity index (χ1n) is 8.73. The van der Waals surface area contributed by atoms with Gasteiger partial charge in [-0.2, -0.15) is 12.6 Å². The van der Waals surface area contributed by atoms with Crippen molar-refractivity contribution in [1.82, 2.24) is 15.5 Å². The van der Waals surface area contributed by atoms with E-state index >= 15 is 0 Å². The topological polar surface area (TPSA) is 162 Å². The van der Waals surface area contributed by atoms with Gasteiger partial charge in [0.25, 0.3) is 0 Å². The maximum atomic E-state index is 11.5. The summed E-state index contributed by atoms with van der Waals surface area (Å²) in [6.45, 7) is 9.56. The summed E-state index contributed by atoms with van der Waals surface area (Å²) in [4.78, 5) is 46.1. The Bertz CT molecular complexity index is 468. The molecule has 10 nitrogen and oxygen atoms in total. The van der Waals surface area contributed by atoms with Crippen LogP contribution >= 0.6 is 12.6 Å². The number of nitrogens with zero attached hydrogens (tertiary/aromatic N) is 1. The van der Waals surface area contributed by atoms with Gasteiger partial charge in [-0.3, -0.25) is 19.2 Å². The Labute approximate surface area is 165 Å². The van der Waals surface area contributed by atoms with Crippen LogP contribution in [-0.4, -0.2) is 82.9 Å². The van der Waals surface area contributed by atoms with Gasteiger partial charge in [0, 0.05) is 12.2 Å². The summed E-state index contributed by atoms with van der Waals surface area (Å²) < 4.78 is 0. The van der Waals surface area contributed by atoms with Crippen LogP contribution in [0.15, 0.2) is 0 Å². The maximum absolute atomic E-state index is 11.5. The molecule has 0 aromatic rings. The largest absolute Gasteiger partial charge is 0.480 e. The summed E-state index contributed by atoms with van der Waals surface area (Å²) in [5.41, 5.74) is 5.23. The Hall–Kier alpha value is -1.85. The molecule has 0 aliphatic carbocycles. The number of carboxylic acids is 2. The van der Waals surface area contributed by atoms with Gasteiger partial charge in [-0.1, -0.05) is 20.8 Å². The number of carboxylic acid groups (broad SMARTS) is 2. The Morgan fingerprint density at radius 1 is 1.07 bits per heavy atom. The summed E-state index contributed by atoms with van der Waals surface area (Å²) >= 11 is 3.87. The van der Waals surface area contributed by atoms with Crippen LogP contribution in [0.5, 0.6) is 0 Å². The number of rotatable bonds is 12. The van der Waals surface area contributed by atoms with Crippen molar-refractivity contribution in [3.63, 3.8) is 0 Å². The van der Waals surface area contributed by atoms with Gasteiger partial charge >= 0.3 is 11.9 Å². The number of hydrogen-bond acceptors (Lipinski definition) is 7. The molecule has 0 spiro atoms. The molecule has 0 aliphatic rings. The molecular formula is C16H32N4O6S. The number of aliphatic carboxylic acids is 2. The fourth-order valence-electron chi connectivity index (χ4n) is 1.83. The summed E-state index contributed by atoms with van der Waals surface area (Å²) in [6.07, 6.45) is -0.235. The second kappa shape index (κ2) is 16.3. The Kier molecular flexibility index (Phi) is 16.6. The Balaban J connectivity index is 0. The lowest BCUT2D eigenvalue weighted by Gasteiger charge is -2.16. The highest BCUT2D eigenvalue weighted by atomic mass is 32.1. The van der Waals surface area contributed by atoms with E-state index in [-0.39, 0.29) is 18.6 Å². The molecule has 0 bridgehead atoms. The van der Waals surface area contributed by atoms with Gasteiger partial charge in [0.05, 0.1) is 0 Å². The first-order valence-corrected chi connectivity index (χ1v) is 9.36.